The average molecular weight is 484 g/mol. The molecule has 2 aromatic rings. The van der Waals surface area contributed by atoms with Crippen LogP contribution in [0.2, 0.25) is 0 Å². The summed E-state index contributed by atoms with van der Waals surface area (Å²) in [5, 5.41) is 5.59. The molecule has 2 fully saturated rings. The van der Waals surface area contributed by atoms with Crippen LogP contribution in [-0.4, -0.2) is 56.5 Å². The highest BCUT2D eigenvalue weighted by Gasteiger charge is 2.42. The number of fused-ring (bicyclic) bond motifs is 1. The molecule has 0 saturated carbocycles. The second-order valence-electron chi connectivity index (χ2n) is 8.54. The third-order valence-electron chi connectivity index (χ3n) is 6.30. The molecule has 34 heavy (non-hydrogen) atoms. The maximum absolute atomic E-state index is 13.2. The van der Waals surface area contributed by atoms with Gasteiger partial charge in [-0.3, -0.25) is 9.59 Å². The molecule has 180 valence electrons. The van der Waals surface area contributed by atoms with E-state index in [-0.39, 0.29) is 35.3 Å². The fourth-order valence-corrected chi connectivity index (χ4v) is 5.89. The van der Waals surface area contributed by atoms with E-state index in [9.17, 15) is 18.0 Å². The van der Waals surface area contributed by atoms with Crippen molar-refractivity contribution in [1.29, 1.82) is 0 Å². The molecule has 2 aromatic carbocycles. The molecule has 3 atom stereocenters. The van der Waals surface area contributed by atoms with Gasteiger partial charge in [0.2, 0.25) is 15.9 Å². The van der Waals surface area contributed by atoms with E-state index in [0.717, 1.165) is 12.0 Å². The van der Waals surface area contributed by atoms with Crippen molar-refractivity contribution in [2.45, 2.75) is 36.5 Å². The van der Waals surface area contributed by atoms with Gasteiger partial charge in [0.1, 0.15) is 6.23 Å². The summed E-state index contributed by atoms with van der Waals surface area (Å²) in [5.41, 5.74) is 1.54. The fourth-order valence-electron chi connectivity index (χ4n) is 4.43. The molecule has 2 saturated heterocycles. The van der Waals surface area contributed by atoms with Gasteiger partial charge < -0.3 is 15.4 Å². The van der Waals surface area contributed by atoms with Crippen LogP contribution in [-0.2, 0) is 26.0 Å². The minimum Gasteiger partial charge on any atom is -0.354 e. The van der Waals surface area contributed by atoms with Gasteiger partial charge in [0.25, 0.3) is 5.91 Å². The van der Waals surface area contributed by atoms with Crippen LogP contribution >= 0.6 is 0 Å². The Morgan fingerprint density at radius 2 is 1.85 bits per heavy atom. The Morgan fingerprint density at radius 1 is 1.12 bits per heavy atom. The van der Waals surface area contributed by atoms with Crippen molar-refractivity contribution in [3.05, 3.63) is 78.4 Å². The van der Waals surface area contributed by atoms with Crippen molar-refractivity contribution >= 4 is 21.8 Å². The van der Waals surface area contributed by atoms with Crippen molar-refractivity contribution in [1.82, 2.24) is 14.9 Å². The van der Waals surface area contributed by atoms with Gasteiger partial charge in [0, 0.05) is 25.2 Å². The van der Waals surface area contributed by atoms with Gasteiger partial charge in [-0.05, 0) is 61.1 Å². The lowest BCUT2D eigenvalue weighted by Gasteiger charge is -2.33. The average Bonchev–Trinajstić information content (AvgIpc) is 3.26. The van der Waals surface area contributed by atoms with E-state index < -0.39 is 16.3 Å². The van der Waals surface area contributed by atoms with Crippen LogP contribution in [0, 0.1) is 5.92 Å². The number of piperidine rings is 1. The number of nitrogens with zero attached hydrogens (tertiary/aromatic N) is 1. The van der Waals surface area contributed by atoms with E-state index >= 15 is 0 Å². The number of carbonyl (C=O) groups is 2. The van der Waals surface area contributed by atoms with E-state index in [2.05, 4.69) is 17.2 Å². The summed E-state index contributed by atoms with van der Waals surface area (Å²) in [6, 6.07) is 15.9. The van der Waals surface area contributed by atoms with Crippen molar-refractivity contribution in [3.63, 3.8) is 0 Å². The topological polar surface area (TPSA) is 105 Å². The standard InChI is InChI=1S/C25H29N3O5S/c1-2-23(29)27-24-16-20-13-15-28(17-22(20)33-24)34(31,32)21-10-8-19(9-11-21)25(30)26-14-12-18-6-4-3-5-7-18/h2-11,20,22,24H,1,12-17H2,(H,26,30)(H,27,29). The summed E-state index contributed by atoms with van der Waals surface area (Å²) in [6.45, 7) is 4.55. The Hall–Kier alpha value is -3.01. The molecule has 2 amide bonds. The van der Waals surface area contributed by atoms with Crippen molar-refractivity contribution in [2.24, 2.45) is 5.92 Å². The molecule has 2 aliphatic heterocycles. The molecule has 2 aliphatic rings. The second kappa shape index (κ2) is 10.5. The predicted molar refractivity (Wildman–Crippen MR) is 127 cm³/mol. The number of benzene rings is 2. The van der Waals surface area contributed by atoms with Gasteiger partial charge in [-0.1, -0.05) is 36.9 Å². The number of ether oxygens (including phenoxy) is 1. The van der Waals surface area contributed by atoms with Crippen LogP contribution < -0.4 is 10.6 Å². The maximum Gasteiger partial charge on any atom is 0.251 e. The van der Waals surface area contributed by atoms with E-state index in [1.807, 2.05) is 30.3 Å². The first-order valence-corrected chi connectivity index (χ1v) is 12.8. The van der Waals surface area contributed by atoms with Gasteiger partial charge in [-0.25, -0.2) is 8.42 Å². The molecule has 3 unspecified atom stereocenters. The van der Waals surface area contributed by atoms with Crippen LogP contribution in [0.5, 0.6) is 0 Å². The van der Waals surface area contributed by atoms with Crippen molar-refractivity contribution in [2.75, 3.05) is 19.6 Å². The molecule has 2 heterocycles. The smallest absolute Gasteiger partial charge is 0.251 e. The monoisotopic (exact) mass is 483 g/mol. The molecule has 8 nitrogen and oxygen atoms in total. The highest BCUT2D eigenvalue weighted by atomic mass is 32.2. The third-order valence-corrected chi connectivity index (χ3v) is 8.18. The summed E-state index contributed by atoms with van der Waals surface area (Å²) in [7, 11) is -3.72. The van der Waals surface area contributed by atoms with Crippen LogP contribution in [0.3, 0.4) is 0 Å². The number of hydrogen-bond acceptors (Lipinski definition) is 5. The zero-order chi connectivity index (χ0) is 24.1. The van der Waals surface area contributed by atoms with Crippen LogP contribution in [0.15, 0.2) is 72.1 Å². The Balaban J connectivity index is 1.33. The molecule has 0 bridgehead atoms. The largest absolute Gasteiger partial charge is 0.354 e. The zero-order valence-corrected chi connectivity index (χ0v) is 19.7. The number of amides is 2. The molecular formula is C25H29N3O5S. The number of rotatable bonds is 8. The lowest BCUT2D eigenvalue weighted by atomic mass is 9.94. The second-order valence-corrected chi connectivity index (χ2v) is 10.5. The Morgan fingerprint density at radius 3 is 2.56 bits per heavy atom. The molecule has 0 spiro atoms. The molecule has 0 aliphatic carbocycles. The van der Waals surface area contributed by atoms with Gasteiger partial charge >= 0.3 is 0 Å². The first-order valence-electron chi connectivity index (χ1n) is 11.4. The maximum atomic E-state index is 13.2. The Labute approximate surface area is 200 Å². The first kappa shape index (κ1) is 24.1. The molecular weight excluding hydrogens is 454 g/mol. The fraction of sp³-hybridized carbons (Fsp3) is 0.360. The van der Waals surface area contributed by atoms with E-state index in [1.54, 1.807) is 0 Å². The van der Waals surface area contributed by atoms with E-state index in [4.69, 9.17) is 4.74 Å². The summed E-state index contributed by atoms with van der Waals surface area (Å²) >= 11 is 0. The number of hydrogen-bond donors (Lipinski definition) is 2. The Kier molecular flexibility index (Phi) is 7.45. The van der Waals surface area contributed by atoms with Gasteiger partial charge in [-0.2, -0.15) is 4.31 Å². The van der Waals surface area contributed by atoms with Gasteiger partial charge in [0.15, 0.2) is 0 Å². The minimum absolute atomic E-state index is 0.140. The Bertz CT molecular complexity index is 1130. The van der Waals surface area contributed by atoms with Crippen LogP contribution in [0.1, 0.15) is 28.8 Å². The molecule has 9 heteroatoms. The normalized spacial score (nSPS) is 22.5. The van der Waals surface area contributed by atoms with Gasteiger partial charge in [-0.15, -0.1) is 0 Å². The van der Waals surface area contributed by atoms with Crippen LogP contribution in [0.4, 0.5) is 0 Å². The number of nitrogens with one attached hydrogen (secondary N) is 2. The number of sulfonamides is 1. The van der Waals surface area contributed by atoms with Crippen LogP contribution in [0.25, 0.3) is 0 Å². The van der Waals surface area contributed by atoms with Gasteiger partial charge in [0.05, 0.1) is 11.0 Å². The lowest BCUT2D eigenvalue weighted by molar-refractivity contribution is -0.120. The zero-order valence-electron chi connectivity index (χ0n) is 18.9. The summed E-state index contributed by atoms with van der Waals surface area (Å²) < 4.78 is 33.7. The van der Waals surface area contributed by atoms with Crippen molar-refractivity contribution < 1.29 is 22.7 Å². The molecule has 0 aromatic heterocycles. The molecule has 2 N–H and O–H groups in total. The third kappa shape index (κ3) is 5.55. The predicted octanol–water partition coefficient (Wildman–Crippen LogP) is 2.09. The summed E-state index contributed by atoms with van der Waals surface area (Å²) in [4.78, 5) is 24.1. The highest BCUT2D eigenvalue weighted by molar-refractivity contribution is 7.89. The molecule has 4 rings (SSSR count). The van der Waals surface area contributed by atoms with E-state index in [1.165, 1.54) is 34.6 Å². The minimum atomic E-state index is -3.72. The summed E-state index contributed by atoms with van der Waals surface area (Å²) in [5.74, 6) is -0.353. The van der Waals surface area contributed by atoms with Crippen molar-refractivity contribution in [3.8, 4) is 0 Å². The highest BCUT2D eigenvalue weighted by Crippen LogP contribution is 2.34. The lowest BCUT2D eigenvalue weighted by Crippen LogP contribution is -2.45. The summed E-state index contributed by atoms with van der Waals surface area (Å²) in [6.07, 6.45) is 2.53. The van der Waals surface area contributed by atoms with E-state index in [0.29, 0.717) is 31.5 Å². The first-order chi connectivity index (χ1) is 16.4. The number of carbonyl (C=O) groups excluding carboxylic acids is 2. The molecule has 0 radical (unpaired) electrons. The quantitative estimate of drug-likeness (QED) is 0.560. The SMILES string of the molecule is C=CC(=O)NC1CC2CCN(S(=O)(=O)c3ccc(C(=O)NCCc4ccccc4)cc3)CC2O1.